The molecule has 0 aromatic rings. The van der Waals surface area contributed by atoms with E-state index in [2.05, 4.69) is 6.07 Å². The van der Waals surface area contributed by atoms with Crippen molar-refractivity contribution in [2.75, 3.05) is 0 Å². The summed E-state index contributed by atoms with van der Waals surface area (Å²) >= 11 is 0. The molecular formula is C13H21NO2. The first kappa shape index (κ1) is 13.0. The van der Waals surface area contributed by atoms with Crippen molar-refractivity contribution in [1.82, 2.24) is 0 Å². The van der Waals surface area contributed by atoms with Gasteiger partial charge in [0, 0.05) is 12.3 Å². The lowest BCUT2D eigenvalue weighted by atomic mass is 9.78. The van der Waals surface area contributed by atoms with Crippen LogP contribution in [0.15, 0.2) is 0 Å². The summed E-state index contributed by atoms with van der Waals surface area (Å²) in [5.41, 5.74) is 0. The molecule has 0 spiro atoms. The monoisotopic (exact) mass is 223 g/mol. The highest BCUT2D eigenvalue weighted by Crippen LogP contribution is 2.32. The Bertz CT molecular complexity index is 251. The summed E-state index contributed by atoms with van der Waals surface area (Å²) in [5, 5.41) is 17.6. The normalized spacial score (nSPS) is 18.9. The van der Waals surface area contributed by atoms with E-state index < -0.39 is 5.97 Å². The van der Waals surface area contributed by atoms with Crippen molar-refractivity contribution in [3.63, 3.8) is 0 Å². The third-order valence-electron chi connectivity index (χ3n) is 3.54. The van der Waals surface area contributed by atoms with Crippen LogP contribution in [0.1, 0.15) is 57.8 Å². The highest BCUT2D eigenvalue weighted by atomic mass is 16.4. The molecule has 1 aliphatic carbocycles. The Kier molecular flexibility index (Phi) is 5.92. The van der Waals surface area contributed by atoms with Gasteiger partial charge in [-0.25, -0.2) is 0 Å². The van der Waals surface area contributed by atoms with E-state index in [0.717, 1.165) is 12.8 Å². The second kappa shape index (κ2) is 7.27. The minimum Gasteiger partial charge on any atom is -0.481 e. The Balaban J connectivity index is 2.20. The molecule has 0 radical (unpaired) electrons. The molecule has 0 amide bonds. The molecule has 90 valence electrons. The van der Waals surface area contributed by atoms with E-state index in [1.54, 1.807) is 0 Å². The van der Waals surface area contributed by atoms with E-state index in [0.29, 0.717) is 12.3 Å². The summed E-state index contributed by atoms with van der Waals surface area (Å²) in [6.45, 7) is 0. The van der Waals surface area contributed by atoms with Gasteiger partial charge in [0.1, 0.15) is 0 Å². The van der Waals surface area contributed by atoms with E-state index in [9.17, 15) is 4.79 Å². The number of hydrogen-bond acceptors (Lipinski definition) is 2. The lowest BCUT2D eigenvalue weighted by Crippen LogP contribution is -2.16. The number of hydrogen-bond donors (Lipinski definition) is 1. The number of aliphatic carboxylic acids is 1. The summed E-state index contributed by atoms with van der Waals surface area (Å²) in [5.74, 6) is 0.00356. The molecule has 0 heterocycles. The number of nitriles is 1. The Labute approximate surface area is 97.5 Å². The summed E-state index contributed by atoms with van der Waals surface area (Å²) in [6.07, 6.45) is 8.93. The SMILES string of the molecule is N#CC(CCCCC(=O)O)C1CCCCC1. The zero-order chi connectivity index (χ0) is 11.8. The maximum atomic E-state index is 10.4. The molecule has 1 rings (SSSR count). The molecule has 1 fully saturated rings. The van der Waals surface area contributed by atoms with Gasteiger partial charge >= 0.3 is 5.97 Å². The average molecular weight is 223 g/mol. The smallest absolute Gasteiger partial charge is 0.303 e. The van der Waals surface area contributed by atoms with Crippen LogP contribution in [-0.2, 0) is 4.79 Å². The van der Waals surface area contributed by atoms with Gasteiger partial charge in [-0.15, -0.1) is 0 Å². The average Bonchev–Trinajstić information content (AvgIpc) is 2.30. The summed E-state index contributed by atoms with van der Waals surface area (Å²) in [6, 6.07) is 2.41. The van der Waals surface area contributed by atoms with Crippen molar-refractivity contribution in [2.24, 2.45) is 11.8 Å². The molecule has 0 aromatic carbocycles. The third-order valence-corrected chi connectivity index (χ3v) is 3.54. The maximum Gasteiger partial charge on any atom is 0.303 e. The van der Waals surface area contributed by atoms with Crippen molar-refractivity contribution >= 4 is 5.97 Å². The number of nitrogens with zero attached hydrogens (tertiary/aromatic N) is 1. The van der Waals surface area contributed by atoms with Gasteiger partial charge in [0.2, 0.25) is 0 Å². The molecule has 1 saturated carbocycles. The first-order valence-electron chi connectivity index (χ1n) is 6.35. The van der Waals surface area contributed by atoms with Crippen LogP contribution in [-0.4, -0.2) is 11.1 Å². The maximum absolute atomic E-state index is 10.4. The number of rotatable bonds is 6. The molecule has 1 unspecified atom stereocenters. The van der Waals surface area contributed by atoms with Crippen LogP contribution >= 0.6 is 0 Å². The van der Waals surface area contributed by atoms with Gasteiger partial charge in [-0.3, -0.25) is 4.79 Å². The lowest BCUT2D eigenvalue weighted by molar-refractivity contribution is -0.137. The first-order valence-corrected chi connectivity index (χ1v) is 6.35. The van der Waals surface area contributed by atoms with Crippen molar-refractivity contribution in [3.8, 4) is 6.07 Å². The van der Waals surface area contributed by atoms with Gasteiger partial charge in [-0.05, 0) is 31.6 Å². The summed E-state index contributed by atoms with van der Waals surface area (Å²) in [7, 11) is 0. The van der Waals surface area contributed by atoms with Crippen molar-refractivity contribution in [3.05, 3.63) is 0 Å². The second-order valence-electron chi connectivity index (χ2n) is 4.77. The zero-order valence-corrected chi connectivity index (χ0v) is 9.82. The molecule has 0 saturated heterocycles. The van der Waals surface area contributed by atoms with E-state index in [-0.39, 0.29) is 12.3 Å². The van der Waals surface area contributed by atoms with E-state index >= 15 is 0 Å². The highest BCUT2D eigenvalue weighted by Gasteiger charge is 2.22. The van der Waals surface area contributed by atoms with Crippen LogP contribution in [0.2, 0.25) is 0 Å². The number of carbonyl (C=O) groups is 1. The fourth-order valence-corrected chi connectivity index (χ4v) is 2.58. The van der Waals surface area contributed by atoms with E-state index in [1.807, 2.05) is 0 Å². The number of carboxylic acids is 1. The Morgan fingerprint density at radius 2 is 2.00 bits per heavy atom. The molecule has 1 N–H and O–H groups in total. The quantitative estimate of drug-likeness (QED) is 0.702. The summed E-state index contributed by atoms with van der Waals surface area (Å²) in [4.78, 5) is 10.4. The molecule has 1 atom stereocenters. The Hall–Kier alpha value is -1.04. The number of carboxylic acid groups (broad SMARTS) is 1. The zero-order valence-electron chi connectivity index (χ0n) is 9.82. The van der Waals surface area contributed by atoms with Gasteiger partial charge < -0.3 is 5.11 Å². The highest BCUT2D eigenvalue weighted by molar-refractivity contribution is 5.66. The first-order chi connectivity index (χ1) is 7.74. The molecule has 1 aliphatic rings. The predicted molar refractivity (Wildman–Crippen MR) is 61.8 cm³/mol. The van der Waals surface area contributed by atoms with E-state index in [4.69, 9.17) is 10.4 Å². The minimum atomic E-state index is -0.730. The predicted octanol–water partition coefficient (Wildman–Crippen LogP) is 3.35. The lowest BCUT2D eigenvalue weighted by Gasteiger charge is -2.25. The fourth-order valence-electron chi connectivity index (χ4n) is 2.58. The standard InChI is InChI=1S/C13H21NO2/c14-10-12(8-4-5-9-13(15)16)11-6-2-1-3-7-11/h11-12H,1-9H2,(H,15,16). The Morgan fingerprint density at radius 1 is 1.31 bits per heavy atom. The number of unbranched alkanes of at least 4 members (excludes halogenated alkanes) is 1. The van der Waals surface area contributed by atoms with Crippen LogP contribution in [0.3, 0.4) is 0 Å². The van der Waals surface area contributed by atoms with Crippen LogP contribution < -0.4 is 0 Å². The molecule has 3 heteroatoms. The third kappa shape index (κ3) is 4.65. The van der Waals surface area contributed by atoms with Crippen molar-refractivity contribution in [1.29, 1.82) is 5.26 Å². The fraction of sp³-hybridized carbons (Fsp3) is 0.846. The van der Waals surface area contributed by atoms with Crippen molar-refractivity contribution < 1.29 is 9.90 Å². The molecule has 0 aromatic heterocycles. The molecule has 0 bridgehead atoms. The summed E-state index contributed by atoms with van der Waals surface area (Å²) < 4.78 is 0. The minimum absolute atomic E-state index is 0.161. The van der Waals surface area contributed by atoms with Crippen LogP contribution in [0.5, 0.6) is 0 Å². The second-order valence-corrected chi connectivity index (χ2v) is 4.77. The van der Waals surface area contributed by atoms with Gasteiger partial charge in [-0.1, -0.05) is 25.7 Å². The van der Waals surface area contributed by atoms with Crippen LogP contribution in [0.4, 0.5) is 0 Å². The van der Waals surface area contributed by atoms with Crippen LogP contribution in [0, 0.1) is 23.2 Å². The van der Waals surface area contributed by atoms with E-state index in [1.165, 1.54) is 32.1 Å². The Morgan fingerprint density at radius 3 is 2.56 bits per heavy atom. The molecule has 3 nitrogen and oxygen atoms in total. The molecule has 0 aliphatic heterocycles. The topological polar surface area (TPSA) is 61.1 Å². The van der Waals surface area contributed by atoms with Crippen LogP contribution in [0.25, 0.3) is 0 Å². The van der Waals surface area contributed by atoms with Crippen molar-refractivity contribution in [2.45, 2.75) is 57.8 Å². The van der Waals surface area contributed by atoms with Gasteiger partial charge in [-0.2, -0.15) is 5.26 Å². The van der Waals surface area contributed by atoms with Gasteiger partial charge in [0.25, 0.3) is 0 Å². The molecule has 16 heavy (non-hydrogen) atoms. The van der Waals surface area contributed by atoms with Gasteiger partial charge in [0.05, 0.1) is 6.07 Å². The molecular weight excluding hydrogens is 202 g/mol. The largest absolute Gasteiger partial charge is 0.481 e. The van der Waals surface area contributed by atoms with Gasteiger partial charge in [0.15, 0.2) is 0 Å².